The fourth-order valence-corrected chi connectivity index (χ4v) is 73.5. The van der Waals surface area contributed by atoms with Gasteiger partial charge < -0.3 is 0 Å². The topological polar surface area (TPSA) is 0 Å². The van der Waals surface area contributed by atoms with Crippen molar-refractivity contribution in [1.82, 2.24) is 0 Å². The van der Waals surface area contributed by atoms with Crippen molar-refractivity contribution in [3.63, 3.8) is 0 Å². The van der Waals surface area contributed by atoms with E-state index in [1.54, 1.807) is 38.5 Å². The standard InChI is InChI=1S/C30H51P4/c1-22(2,3)27-31-28(23(4,5)6)32(27)30(25(10,11)12)33(27)29(31,24(7,8)9)34(28,30)26-16-19-13-20(17-26)15-21(14-19)18-26/h19-21H,13-18H2,1-12H3/q+1. The molecule has 0 aromatic carbocycles. The molecule has 0 aromatic heterocycles. The molecule has 6 saturated heterocycles. The molecular weight excluding hydrogens is 484 g/mol. The highest BCUT2D eigenvalue weighted by Gasteiger charge is 3.36. The average Bonchev–Trinajstić information content (AvgIpc) is 2.61. The Hall–Kier alpha value is 1.72. The largest absolute Gasteiger partial charge is 0.134 e. The maximum Gasteiger partial charge on any atom is 0.134 e. The Morgan fingerprint density at radius 1 is 0.500 bits per heavy atom. The van der Waals surface area contributed by atoms with E-state index in [1.807, 2.05) is 0 Å². The summed E-state index contributed by atoms with van der Waals surface area (Å²) in [6.45, 7) is 33.1. The zero-order valence-corrected chi connectivity index (χ0v) is 27.8. The lowest BCUT2D eigenvalue weighted by molar-refractivity contribution is 0.0272. The Bertz CT molecular complexity index is 906. The second kappa shape index (κ2) is 5.37. The number of hydrogen-bond acceptors (Lipinski definition) is 0. The van der Waals surface area contributed by atoms with Crippen LogP contribution in [0.5, 0.6) is 0 Å². The highest BCUT2D eigenvalue weighted by atomic mass is 31.5. The van der Waals surface area contributed by atoms with Crippen LogP contribution in [0.4, 0.5) is 0 Å². The molecule has 4 aliphatic carbocycles. The van der Waals surface area contributed by atoms with Gasteiger partial charge in [-0.05, 0) is 61.7 Å². The molecule has 0 nitrogen and oxygen atoms in total. The number of rotatable bonds is 1. The summed E-state index contributed by atoms with van der Waals surface area (Å²) in [5.74, 6) is 3.34. The minimum atomic E-state index is -1.11. The van der Waals surface area contributed by atoms with Crippen molar-refractivity contribution in [3.8, 4) is 0 Å². The Kier molecular flexibility index (Phi) is 3.73. The third-order valence-corrected chi connectivity index (χ3v) is 47.6. The van der Waals surface area contributed by atoms with Crippen molar-refractivity contribution in [1.29, 1.82) is 0 Å². The lowest BCUT2D eigenvalue weighted by Gasteiger charge is -3.21. The highest BCUT2D eigenvalue weighted by molar-refractivity contribution is 8.57. The molecular formula is C30H51P4+. The minimum Gasteiger partial charge on any atom is -0.0586 e. The van der Waals surface area contributed by atoms with Gasteiger partial charge in [-0.1, -0.05) is 83.1 Å². The Morgan fingerprint density at radius 2 is 0.794 bits per heavy atom. The lowest BCUT2D eigenvalue weighted by Crippen LogP contribution is -3.06. The summed E-state index contributed by atoms with van der Waals surface area (Å²) in [4.78, 5) is 0. The van der Waals surface area contributed by atoms with Gasteiger partial charge in [-0.3, -0.25) is 0 Å². The van der Waals surface area contributed by atoms with Crippen molar-refractivity contribution >= 4 is 31.0 Å². The quantitative estimate of drug-likeness (QED) is 0.293. The molecule has 0 atom stereocenters. The first-order valence-corrected chi connectivity index (χ1v) is 20.5. The zero-order valence-electron chi connectivity index (χ0n) is 24.3. The predicted octanol–water partition coefficient (Wildman–Crippen LogP) is 11.3. The molecule has 0 spiro atoms. The normalized spacial score (nSPS) is 63.9. The van der Waals surface area contributed by atoms with E-state index in [0.717, 1.165) is 41.5 Å². The minimum absolute atomic E-state index is 0.188. The maximum atomic E-state index is 2.78. The van der Waals surface area contributed by atoms with Gasteiger partial charge in [0.2, 0.25) is 0 Å². The lowest BCUT2D eigenvalue weighted by atomic mass is 9.56. The molecule has 190 valence electrons. The summed E-state index contributed by atoms with van der Waals surface area (Å²) in [6, 6.07) is 0. The zero-order chi connectivity index (χ0) is 24.7. The number of hydrogen-bond donors (Lipinski definition) is 0. The summed E-state index contributed by atoms with van der Waals surface area (Å²) in [5.41, 5.74) is 2.18. The Morgan fingerprint density at radius 3 is 1.03 bits per heavy atom. The van der Waals surface area contributed by atoms with Crippen molar-refractivity contribution < 1.29 is 0 Å². The SMILES string of the molecule is CC(C)(C)C12P3C4(C(C)(C)C)P1C1(C(C)(C)C)P2C3(C(C)(C)C)[P+]41C12CC3CC(CC(C3)C1)C2. The molecule has 6 aliphatic heterocycles. The molecule has 0 N–H and O–H groups in total. The second-order valence-electron chi connectivity index (χ2n) is 18.4. The summed E-state index contributed by atoms with van der Waals surface area (Å²) in [7, 11) is -0.545. The van der Waals surface area contributed by atoms with Crippen LogP contribution in [-0.2, 0) is 0 Å². The molecule has 10 fully saturated rings. The molecule has 6 heterocycles. The van der Waals surface area contributed by atoms with Gasteiger partial charge in [-0.25, -0.2) is 0 Å². The molecule has 0 unspecified atom stereocenters. The van der Waals surface area contributed by atoms with Crippen LogP contribution >= 0.6 is 31.0 Å². The van der Waals surface area contributed by atoms with Gasteiger partial charge in [0, 0.05) is 40.0 Å². The van der Waals surface area contributed by atoms with Gasteiger partial charge in [0.15, 0.2) is 0 Å². The third-order valence-electron chi connectivity index (χ3n) is 13.0. The van der Waals surface area contributed by atoms with Gasteiger partial charge >= 0.3 is 0 Å². The van der Waals surface area contributed by atoms with E-state index in [1.165, 1.54) is 0 Å². The van der Waals surface area contributed by atoms with E-state index in [2.05, 4.69) is 83.1 Å². The molecule has 4 bridgehead atoms. The molecule has 4 saturated carbocycles. The Balaban J connectivity index is 1.46. The van der Waals surface area contributed by atoms with Gasteiger partial charge in [0.05, 0.1) is 17.1 Å². The summed E-state index contributed by atoms with van der Waals surface area (Å²) >= 11 is 0. The van der Waals surface area contributed by atoms with Crippen LogP contribution in [0.1, 0.15) is 122 Å². The molecule has 10 aliphatic rings. The average molecular weight is 536 g/mol. The molecule has 34 heavy (non-hydrogen) atoms. The van der Waals surface area contributed by atoms with Crippen molar-refractivity contribution in [2.45, 2.75) is 145 Å². The molecule has 0 radical (unpaired) electrons. The van der Waals surface area contributed by atoms with Crippen LogP contribution in [0, 0.1) is 39.4 Å². The van der Waals surface area contributed by atoms with Crippen LogP contribution in [0.25, 0.3) is 0 Å². The van der Waals surface area contributed by atoms with E-state index in [4.69, 9.17) is 0 Å². The fourth-order valence-electron chi connectivity index (χ4n) is 13.8. The van der Waals surface area contributed by atoms with E-state index in [0.29, 0.717) is 21.7 Å². The van der Waals surface area contributed by atoms with Crippen molar-refractivity contribution in [2.24, 2.45) is 39.4 Å². The molecule has 10 rings (SSSR count). The van der Waals surface area contributed by atoms with Gasteiger partial charge in [-0.15, -0.1) is 0 Å². The van der Waals surface area contributed by atoms with Crippen LogP contribution < -0.4 is 0 Å². The van der Waals surface area contributed by atoms with Gasteiger partial charge in [-0.2, -0.15) is 0 Å². The summed E-state index contributed by atoms with van der Waals surface area (Å²) < 4.78 is 3.44. The van der Waals surface area contributed by atoms with Crippen LogP contribution in [-0.4, -0.2) is 23.7 Å². The Labute approximate surface area is 215 Å². The second-order valence-corrected chi connectivity index (χ2v) is 34.9. The summed E-state index contributed by atoms with van der Waals surface area (Å²) in [5, 5.41) is 0.816. The third kappa shape index (κ3) is 1.51. The van der Waals surface area contributed by atoms with Gasteiger partial charge in [0.1, 0.15) is 13.9 Å². The first kappa shape index (κ1) is 23.6. The van der Waals surface area contributed by atoms with E-state index in [-0.39, 0.29) is 23.8 Å². The first-order chi connectivity index (χ1) is 15.3. The maximum absolute atomic E-state index is 2.78. The first-order valence-electron chi connectivity index (χ1n) is 14.6. The molecule has 0 aromatic rings. The van der Waals surface area contributed by atoms with Crippen LogP contribution in [0.2, 0.25) is 0 Å². The van der Waals surface area contributed by atoms with Crippen molar-refractivity contribution in [2.75, 3.05) is 0 Å². The van der Waals surface area contributed by atoms with E-state index in [9.17, 15) is 0 Å². The van der Waals surface area contributed by atoms with E-state index < -0.39 is 7.26 Å². The highest BCUT2D eigenvalue weighted by Crippen LogP contribution is 3.60. The molecule has 4 heteroatoms. The van der Waals surface area contributed by atoms with E-state index >= 15 is 0 Å². The monoisotopic (exact) mass is 535 g/mol. The van der Waals surface area contributed by atoms with Crippen LogP contribution in [0.15, 0.2) is 0 Å². The summed E-state index contributed by atoms with van der Waals surface area (Å²) in [6.07, 6.45) is 9.94. The molecule has 0 amide bonds. The fraction of sp³-hybridized carbons (Fsp3) is 1.00. The van der Waals surface area contributed by atoms with Crippen LogP contribution in [0.3, 0.4) is 0 Å². The van der Waals surface area contributed by atoms with Crippen molar-refractivity contribution in [3.05, 3.63) is 0 Å². The smallest absolute Gasteiger partial charge is 0.0586 e. The predicted molar refractivity (Wildman–Crippen MR) is 157 cm³/mol. The van der Waals surface area contributed by atoms with Gasteiger partial charge in [0.25, 0.3) is 0 Å².